The number of aromatic nitrogens is 2. The van der Waals surface area contributed by atoms with Crippen LogP contribution in [-0.2, 0) is 22.9 Å². The summed E-state index contributed by atoms with van der Waals surface area (Å²) < 4.78 is 52.8. The number of benzene rings is 1. The van der Waals surface area contributed by atoms with E-state index in [1.54, 1.807) is 0 Å². The van der Waals surface area contributed by atoms with Gasteiger partial charge in [-0.1, -0.05) is 17.3 Å². The molecule has 0 N–H and O–H groups in total. The largest absolute Gasteiger partial charge is 0.416 e. The van der Waals surface area contributed by atoms with Crippen LogP contribution in [0.25, 0.3) is 10.9 Å². The van der Waals surface area contributed by atoms with Gasteiger partial charge in [0.2, 0.25) is 0 Å². The van der Waals surface area contributed by atoms with Crippen LogP contribution in [0.15, 0.2) is 34.9 Å². The van der Waals surface area contributed by atoms with Crippen molar-refractivity contribution >= 4 is 10.9 Å². The van der Waals surface area contributed by atoms with Gasteiger partial charge in [0, 0.05) is 33.9 Å². The Morgan fingerprint density at radius 3 is 2.18 bits per heavy atom. The summed E-state index contributed by atoms with van der Waals surface area (Å²) in [6.07, 6.45) is 9.06. The van der Waals surface area contributed by atoms with E-state index < -0.39 is 11.7 Å². The zero-order chi connectivity index (χ0) is 26.4. The number of fused-ring (bicyclic) bond motifs is 4. The zero-order valence-electron chi connectivity index (χ0n) is 22.2. The number of rotatable bonds is 8. The second-order valence-corrected chi connectivity index (χ2v) is 13.2. The fraction of sp³-hybridized carbons (Fsp3) is 0.625. The summed E-state index contributed by atoms with van der Waals surface area (Å²) in [6.45, 7) is 0.599. The molecule has 39 heavy (non-hydrogen) atoms. The molecule has 6 aliphatic rings. The van der Waals surface area contributed by atoms with Gasteiger partial charge in [-0.25, -0.2) is 0 Å². The number of alkyl halides is 3. The molecule has 7 heteroatoms. The van der Waals surface area contributed by atoms with Crippen molar-refractivity contribution in [3.05, 3.63) is 58.6 Å². The number of nitrogens with zero attached hydrogens (tertiary/aromatic N) is 2. The number of hydrogen-bond donors (Lipinski definition) is 0. The molecule has 6 saturated carbocycles. The Labute approximate surface area is 226 Å². The van der Waals surface area contributed by atoms with E-state index >= 15 is 0 Å². The molecule has 0 unspecified atom stereocenters. The first-order chi connectivity index (χ1) is 18.8. The third-order valence-corrected chi connectivity index (χ3v) is 10.6. The molecule has 0 spiro atoms. The molecule has 2 aromatic heterocycles. The van der Waals surface area contributed by atoms with Gasteiger partial charge in [0.1, 0.15) is 5.76 Å². The maximum absolute atomic E-state index is 13.3. The van der Waals surface area contributed by atoms with Gasteiger partial charge in [-0.2, -0.15) is 13.2 Å². The van der Waals surface area contributed by atoms with Crippen LogP contribution in [0.4, 0.5) is 13.2 Å². The van der Waals surface area contributed by atoms with Crippen LogP contribution in [0.3, 0.4) is 0 Å². The van der Waals surface area contributed by atoms with Gasteiger partial charge >= 0.3 is 6.18 Å². The topological polar surface area (TPSA) is 48.2 Å². The van der Waals surface area contributed by atoms with E-state index in [0.29, 0.717) is 24.0 Å². The van der Waals surface area contributed by atoms with Crippen LogP contribution < -0.4 is 0 Å². The summed E-state index contributed by atoms with van der Waals surface area (Å²) >= 11 is 0. The Bertz CT molecular complexity index is 1380. The molecule has 4 nitrogen and oxygen atoms in total. The Hall–Kier alpha value is -2.41. The number of hydrogen-bond acceptors (Lipinski definition) is 4. The van der Waals surface area contributed by atoms with Crippen molar-refractivity contribution in [1.82, 2.24) is 10.1 Å². The van der Waals surface area contributed by atoms with Gasteiger partial charge < -0.3 is 9.26 Å². The van der Waals surface area contributed by atoms with Gasteiger partial charge in [0.05, 0.1) is 29.0 Å². The predicted molar refractivity (Wildman–Crippen MR) is 140 cm³/mol. The minimum atomic E-state index is -4.36. The monoisotopic (exact) mass is 536 g/mol. The second kappa shape index (κ2) is 8.55. The van der Waals surface area contributed by atoms with E-state index in [2.05, 4.69) is 5.16 Å². The van der Waals surface area contributed by atoms with Crippen molar-refractivity contribution in [1.29, 1.82) is 0 Å². The van der Waals surface area contributed by atoms with Crippen LogP contribution in [0, 0.1) is 11.8 Å². The average molecular weight is 537 g/mol. The summed E-state index contributed by atoms with van der Waals surface area (Å²) in [5.74, 6) is 3.71. The second-order valence-electron chi connectivity index (χ2n) is 13.2. The molecular formula is C32H35F3N2O2. The minimum Gasteiger partial charge on any atom is -0.370 e. The lowest BCUT2D eigenvalue weighted by atomic mass is 9.57. The van der Waals surface area contributed by atoms with Gasteiger partial charge in [0.15, 0.2) is 0 Å². The molecule has 0 aliphatic heterocycles. The van der Waals surface area contributed by atoms with Crippen LogP contribution in [-0.4, -0.2) is 15.7 Å². The Morgan fingerprint density at radius 1 is 0.897 bits per heavy atom. The molecule has 0 atom stereocenters. The highest BCUT2D eigenvalue weighted by Crippen LogP contribution is 2.58. The molecule has 0 saturated heterocycles. The lowest BCUT2D eigenvalue weighted by Gasteiger charge is -2.53. The van der Waals surface area contributed by atoms with E-state index in [1.807, 2.05) is 12.1 Å². The van der Waals surface area contributed by atoms with E-state index in [9.17, 15) is 13.2 Å². The molecule has 0 radical (unpaired) electrons. The minimum absolute atomic E-state index is 0.0713. The van der Waals surface area contributed by atoms with Crippen LogP contribution in [0.5, 0.6) is 0 Å². The van der Waals surface area contributed by atoms with Crippen molar-refractivity contribution < 1.29 is 22.4 Å². The molecule has 9 rings (SSSR count). The summed E-state index contributed by atoms with van der Waals surface area (Å²) in [6, 6.07) is 7.83. The average Bonchev–Trinajstić information content (AvgIpc) is 3.79. The van der Waals surface area contributed by atoms with E-state index in [-0.39, 0.29) is 11.0 Å². The third-order valence-electron chi connectivity index (χ3n) is 10.6. The third kappa shape index (κ3) is 4.30. The van der Waals surface area contributed by atoms with Crippen molar-refractivity contribution in [3.8, 4) is 0 Å². The van der Waals surface area contributed by atoms with Gasteiger partial charge in [0.25, 0.3) is 0 Å². The highest BCUT2D eigenvalue weighted by Gasteiger charge is 2.52. The molecule has 0 amide bonds. The van der Waals surface area contributed by atoms with Crippen molar-refractivity contribution in [3.63, 3.8) is 0 Å². The summed E-state index contributed by atoms with van der Waals surface area (Å²) in [4.78, 5) is 4.80. The van der Waals surface area contributed by atoms with E-state index in [0.717, 1.165) is 73.3 Å². The molecule has 3 aromatic rings. The molecule has 2 heterocycles. The van der Waals surface area contributed by atoms with E-state index in [4.69, 9.17) is 14.2 Å². The first-order valence-electron chi connectivity index (χ1n) is 14.9. The maximum atomic E-state index is 13.3. The fourth-order valence-electron chi connectivity index (χ4n) is 7.72. The predicted octanol–water partition coefficient (Wildman–Crippen LogP) is 8.58. The van der Waals surface area contributed by atoms with Gasteiger partial charge in [-0.05, 0) is 107 Å². The SMILES string of the molecule is FC(F)(F)c1ccc2ccc(C34CCC(OCc5c(C(C6CC6)C6CC6)noc5C5CC5)(CC3)CC4)nc2c1. The Morgan fingerprint density at radius 2 is 1.56 bits per heavy atom. The lowest BCUT2D eigenvalue weighted by molar-refractivity contribution is -0.137. The summed E-state index contributed by atoms with van der Waals surface area (Å²) in [5.41, 5.74) is 3.00. The number of ether oxygens (including phenoxy) is 1. The molecule has 6 aliphatic carbocycles. The van der Waals surface area contributed by atoms with Crippen LogP contribution in [0.2, 0.25) is 0 Å². The standard InChI is InChI=1S/C32H35F3N2O2/c33-32(34,35)23-9-7-19-8-10-26(36-25(19)17-23)30-11-14-31(15-12-30,16-13-30)38-18-24-28(37-39-29(24)22-5-6-22)27(20-1-2-20)21-3-4-21/h7-10,17,20-22,27H,1-6,11-16,18H2. The highest BCUT2D eigenvalue weighted by atomic mass is 19.4. The Balaban J connectivity index is 1.01. The summed E-state index contributed by atoms with van der Waals surface area (Å²) in [7, 11) is 0. The highest BCUT2D eigenvalue weighted by molar-refractivity contribution is 5.79. The Kier molecular flexibility index (Phi) is 5.34. The number of halogens is 3. The van der Waals surface area contributed by atoms with Crippen LogP contribution >= 0.6 is 0 Å². The lowest BCUT2D eigenvalue weighted by Crippen LogP contribution is -2.50. The molecule has 2 bridgehead atoms. The van der Waals surface area contributed by atoms with Gasteiger partial charge in [-0.3, -0.25) is 4.98 Å². The summed E-state index contributed by atoms with van der Waals surface area (Å²) in [5, 5.41) is 5.43. The van der Waals surface area contributed by atoms with E-state index in [1.165, 1.54) is 61.9 Å². The fourth-order valence-corrected chi connectivity index (χ4v) is 7.72. The van der Waals surface area contributed by atoms with Crippen molar-refractivity contribution in [2.24, 2.45) is 11.8 Å². The normalized spacial score (nSPS) is 29.0. The first-order valence-corrected chi connectivity index (χ1v) is 14.9. The molecule has 1 aromatic carbocycles. The van der Waals surface area contributed by atoms with Gasteiger partial charge in [-0.15, -0.1) is 0 Å². The quantitative estimate of drug-likeness (QED) is 0.289. The molecular weight excluding hydrogens is 501 g/mol. The molecule has 6 fully saturated rings. The van der Waals surface area contributed by atoms with Crippen LogP contribution in [0.1, 0.15) is 117 Å². The number of pyridine rings is 1. The first kappa shape index (κ1) is 24.4. The van der Waals surface area contributed by atoms with Crippen molar-refractivity contribution in [2.75, 3.05) is 0 Å². The maximum Gasteiger partial charge on any atom is 0.416 e. The molecule has 206 valence electrons. The smallest absolute Gasteiger partial charge is 0.370 e. The van der Waals surface area contributed by atoms with Crippen molar-refractivity contribution in [2.45, 2.75) is 113 Å². The zero-order valence-corrected chi connectivity index (χ0v) is 22.2.